The van der Waals surface area contributed by atoms with Gasteiger partial charge < -0.3 is 19.5 Å². The number of hydrogen-bond acceptors (Lipinski definition) is 5. The fourth-order valence-corrected chi connectivity index (χ4v) is 3.18. The quantitative estimate of drug-likeness (QED) is 0.870. The van der Waals surface area contributed by atoms with Crippen molar-refractivity contribution in [3.05, 3.63) is 47.1 Å². The van der Waals surface area contributed by atoms with Gasteiger partial charge in [0.1, 0.15) is 6.54 Å². The van der Waals surface area contributed by atoms with Crippen molar-refractivity contribution < 1.29 is 14.1 Å². The summed E-state index contributed by atoms with van der Waals surface area (Å²) in [6.45, 7) is 2.97. The molecule has 0 radical (unpaired) electrons. The number of fused-ring (bicyclic) bond motifs is 1. The maximum absolute atomic E-state index is 12.5. The third-order valence-electron chi connectivity index (χ3n) is 4.54. The number of urea groups is 1. The SMILES string of the molecule is COCCc1noc(CN(C)C(=O)N[C@H]2c3ccccc3C[C@@H]2C)n1. The molecule has 1 aliphatic carbocycles. The maximum Gasteiger partial charge on any atom is 0.318 e. The Kier molecular flexibility index (Phi) is 5.33. The molecule has 1 N–H and O–H groups in total. The van der Waals surface area contributed by atoms with E-state index in [2.05, 4.69) is 34.5 Å². The Morgan fingerprint density at radius 2 is 2.24 bits per heavy atom. The minimum atomic E-state index is -0.148. The average molecular weight is 344 g/mol. The monoisotopic (exact) mass is 344 g/mol. The van der Waals surface area contributed by atoms with Gasteiger partial charge in [-0.05, 0) is 23.5 Å². The van der Waals surface area contributed by atoms with Crippen LogP contribution in [0, 0.1) is 5.92 Å². The molecule has 1 aromatic heterocycles. The second-order valence-corrected chi connectivity index (χ2v) is 6.51. The van der Waals surface area contributed by atoms with E-state index in [4.69, 9.17) is 9.26 Å². The highest BCUT2D eigenvalue weighted by Gasteiger charge is 2.31. The van der Waals surface area contributed by atoms with E-state index in [1.807, 2.05) is 12.1 Å². The largest absolute Gasteiger partial charge is 0.384 e. The predicted molar refractivity (Wildman–Crippen MR) is 91.9 cm³/mol. The van der Waals surface area contributed by atoms with Gasteiger partial charge in [0.25, 0.3) is 0 Å². The van der Waals surface area contributed by atoms with Crippen LogP contribution in [0.5, 0.6) is 0 Å². The number of amides is 2. The summed E-state index contributed by atoms with van der Waals surface area (Å²) in [5.41, 5.74) is 2.51. The standard InChI is InChI=1S/C18H24N4O3/c1-12-10-13-6-4-5-7-14(13)17(12)20-18(23)22(2)11-16-19-15(21-25-16)8-9-24-3/h4-7,12,17H,8-11H2,1-3H3,(H,20,23)/t12-,17+/m0/s1. The Labute approximate surface area is 147 Å². The van der Waals surface area contributed by atoms with Crippen LogP contribution in [-0.2, 0) is 24.1 Å². The second-order valence-electron chi connectivity index (χ2n) is 6.51. The summed E-state index contributed by atoms with van der Waals surface area (Å²) in [4.78, 5) is 18.4. The fourth-order valence-electron chi connectivity index (χ4n) is 3.18. The highest BCUT2D eigenvalue weighted by Crippen LogP contribution is 2.35. The molecule has 7 nitrogen and oxygen atoms in total. The van der Waals surface area contributed by atoms with E-state index in [-0.39, 0.29) is 18.6 Å². The molecular formula is C18H24N4O3. The van der Waals surface area contributed by atoms with Gasteiger partial charge in [0.2, 0.25) is 5.89 Å². The van der Waals surface area contributed by atoms with Crippen LogP contribution in [-0.4, -0.2) is 41.8 Å². The van der Waals surface area contributed by atoms with Crippen LogP contribution in [0.1, 0.15) is 35.8 Å². The van der Waals surface area contributed by atoms with Crippen molar-refractivity contribution in [1.29, 1.82) is 0 Å². The van der Waals surface area contributed by atoms with Gasteiger partial charge >= 0.3 is 6.03 Å². The van der Waals surface area contributed by atoms with Crippen LogP contribution in [0.4, 0.5) is 4.79 Å². The summed E-state index contributed by atoms with van der Waals surface area (Å²) in [5.74, 6) is 1.38. The van der Waals surface area contributed by atoms with E-state index >= 15 is 0 Å². The number of benzene rings is 1. The minimum absolute atomic E-state index is 0.0334. The molecule has 1 aromatic carbocycles. The summed E-state index contributed by atoms with van der Waals surface area (Å²) in [7, 11) is 3.35. The summed E-state index contributed by atoms with van der Waals surface area (Å²) in [6.07, 6.45) is 1.57. The Bertz CT molecular complexity index is 731. The van der Waals surface area contributed by atoms with Crippen molar-refractivity contribution in [3.63, 3.8) is 0 Å². The normalized spacial score (nSPS) is 18.8. The molecule has 134 valence electrons. The number of nitrogens with one attached hydrogen (secondary N) is 1. The zero-order valence-corrected chi connectivity index (χ0v) is 14.9. The van der Waals surface area contributed by atoms with Crippen molar-refractivity contribution in [2.24, 2.45) is 5.92 Å². The molecule has 2 aromatic rings. The van der Waals surface area contributed by atoms with Crippen LogP contribution in [0.25, 0.3) is 0 Å². The van der Waals surface area contributed by atoms with E-state index in [1.165, 1.54) is 11.1 Å². The molecule has 0 fully saturated rings. The number of carbonyl (C=O) groups excluding carboxylic acids is 1. The van der Waals surface area contributed by atoms with Gasteiger partial charge in [-0.3, -0.25) is 0 Å². The fraction of sp³-hybridized carbons (Fsp3) is 0.500. The summed E-state index contributed by atoms with van der Waals surface area (Å²) >= 11 is 0. The van der Waals surface area contributed by atoms with Crippen LogP contribution in [0.2, 0.25) is 0 Å². The lowest BCUT2D eigenvalue weighted by molar-refractivity contribution is 0.192. The Balaban J connectivity index is 1.59. The lowest BCUT2D eigenvalue weighted by atomic mass is 10.0. The lowest BCUT2D eigenvalue weighted by Crippen LogP contribution is -2.40. The first kappa shape index (κ1) is 17.4. The molecule has 1 aliphatic rings. The summed E-state index contributed by atoms with van der Waals surface area (Å²) in [5, 5.41) is 7.01. The summed E-state index contributed by atoms with van der Waals surface area (Å²) in [6, 6.07) is 8.15. The van der Waals surface area contributed by atoms with Gasteiger partial charge in [-0.15, -0.1) is 0 Å². The van der Waals surface area contributed by atoms with Crippen molar-refractivity contribution in [1.82, 2.24) is 20.4 Å². The van der Waals surface area contributed by atoms with Crippen LogP contribution >= 0.6 is 0 Å². The topological polar surface area (TPSA) is 80.5 Å². The highest BCUT2D eigenvalue weighted by atomic mass is 16.5. The van der Waals surface area contributed by atoms with Gasteiger partial charge in [0.15, 0.2) is 5.82 Å². The number of ether oxygens (including phenoxy) is 1. The average Bonchev–Trinajstić information content (AvgIpc) is 3.17. The summed E-state index contributed by atoms with van der Waals surface area (Å²) < 4.78 is 10.2. The van der Waals surface area contributed by atoms with E-state index in [1.54, 1.807) is 19.1 Å². The molecule has 0 aliphatic heterocycles. The van der Waals surface area contributed by atoms with Crippen LogP contribution in [0.3, 0.4) is 0 Å². The van der Waals surface area contributed by atoms with Crippen molar-refractivity contribution >= 4 is 6.03 Å². The Morgan fingerprint density at radius 1 is 1.44 bits per heavy atom. The van der Waals surface area contributed by atoms with E-state index < -0.39 is 0 Å². The molecule has 2 atom stereocenters. The van der Waals surface area contributed by atoms with Crippen molar-refractivity contribution in [2.45, 2.75) is 32.4 Å². The maximum atomic E-state index is 12.5. The Morgan fingerprint density at radius 3 is 3.04 bits per heavy atom. The first-order chi connectivity index (χ1) is 12.1. The van der Waals surface area contributed by atoms with Gasteiger partial charge in [0.05, 0.1) is 12.6 Å². The number of carbonyl (C=O) groups is 1. The van der Waals surface area contributed by atoms with Crippen LogP contribution in [0.15, 0.2) is 28.8 Å². The molecule has 0 unspecified atom stereocenters. The molecule has 2 amide bonds. The van der Waals surface area contributed by atoms with Gasteiger partial charge in [0, 0.05) is 20.6 Å². The van der Waals surface area contributed by atoms with Gasteiger partial charge in [-0.25, -0.2) is 4.79 Å². The molecule has 7 heteroatoms. The molecule has 3 rings (SSSR count). The smallest absolute Gasteiger partial charge is 0.318 e. The number of hydrogen-bond donors (Lipinski definition) is 1. The zero-order chi connectivity index (χ0) is 17.8. The molecule has 25 heavy (non-hydrogen) atoms. The number of methoxy groups -OCH3 is 1. The van der Waals surface area contributed by atoms with Crippen LogP contribution < -0.4 is 5.32 Å². The Hall–Kier alpha value is -2.41. The number of rotatable bonds is 6. The molecular weight excluding hydrogens is 320 g/mol. The van der Waals surface area contributed by atoms with E-state index in [0.717, 1.165) is 6.42 Å². The third-order valence-corrected chi connectivity index (χ3v) is 4.54. The second kappa shape index (κ2) is 7.65. The van der Waals surface area contributed by atoms with Gasteiger partial charge in [-0.1, -0.05) is 36.3 Å². The number of nitrogens with zero attached hydrogens (tertiary/aromatic N) is 3. The molecule has 0 bridgehead atoms. The van der Waals surface area contributed by atoms with Gasteiger partial charge in [-0.2, -0.15) is 4.98 Å². The predicted octanol–water partition coefficient (Wildman–Crippen LogP) is 2.33. The van der Waals surface area contributed by atoms with Crippen molar-refractivity contribution in [3.8, 4) is 0 Å². The molecule has 0 spiro atoms. The van der Waals surface area contributed by atoms with Crippen molar-refractivity contribution in [2.75, 3.05) is 20.8 Å². The number of aromatic nitrogens is 2. The lowest BCUT2D eigenvalue weighted by Gasteiger charge is -2.23. The third kappa shape index (κ3) is 3.99. The molecule has 0 saturated heterocycles. The van der Waals surface area contributed by atoms with E-state index in [9.17, 15) is 4.79 Å². The molecule has 1 heterocycles. The minimum Gasteiger partial charge on any atom is -0.384 e. The zero-order valence-electron chi connectivity index (χ0n) is 14.9. The first-order valence-corrected chi connectivity index (χ1v) is 8.48. The first-order valence-electron chi connectivity index (χ1n) is 8.48. The van der Waals surface area contributed by atoms with E-state index in [0.29, 0.717) is 30.7 Å². The molecule has 0 saturated carbocycles. The highest BCUT2D eigenvalue weighted by molar-refractivity contribution is 5.74.